The molecule has 3 aromatic rings. The number of ether oxygens (including phenoxy) is 1. The summed E-state index contributed by atoms with van der Waals surface area (Å²) in [5.74, 6) is 1.35. The number of anilines is 1. The van der Waals surface area contributed by atoms with Gasteiger partial charge < -0.3 is 15.4 Å². The zero-order valence-corrected chi connectivity index (χ0v) is 17.1. The zero-order chi connectivity index (χ0) is 20.3. The van der Waals surface area contributed by atoms with E-state index in [-0.39, 0.29) is 6.03 Å². The molecule has 0 spiro atoms. The van der Waals surface area contributed by atoms with Crippen LogP contribution in [0.2, 0.25) is 5.02 Å². The number of carbonyl (C=O) groups is 1. The molecule has 0 aliphatic rings. The lowest BCUT2D eigenvalue weighted by Gasteiger charge is -2.12. The van der Waals surface area contributed by atoms with Crippen molar-refractivity contribution in [3.8, 4) is 11.6 Å². The number of fused-ring (bicyclic) bond motifs is 1. The molecule has 0 unspecified atom stereocenters. The molecule has 0 aliphatic carbocycles. The van der Waals surface area contributed by atoms with Crippen molar-refractivity contribution in [1.82, 2.24) is 15.3 Å². The lowest BCUT2D eigenvalue weighted by Crippen LogP contribution is -2.31. The van der Waals surface area contributed by atoms with Crippen LogP contribution >= 0.6 is 11.6 Å². The topological polar surface area (TPSA) is 76.1 Å². The maximum absolute atomic E-state index is 11.9. The van der Waals surface area contributed by atoms with Gasteiger partial charge in [-0.1, -0.05) is 25.4 Å². The van der Waals surface area contributed by atoms with Crippen LogP contribution < -0.4 is 15.4 Å². The Balaban J connectivity index is 1.79. The minimum atomic E-state index is -0.295. The van der Waals surface area contributed by atoms with E-state index in [4.69, 9.17) is 16.3 Å². The molecule has 7 heteroatoms. The van der Waals surface area contributed by atoms with E-state index in [9.17, 15) is 4.79 Å². The van der Waals surface area contributed by atoms with Crippen LogP contribution in [0.1, 0.15) is 25.0 Å². The summed E-state index contributed by atoms with van der Waals surface area (Å²) in [6, 6.07) is 8.81. The number of amides is 2. The molecule has 2 N–H and O–H groups in total. The van der Waals surface area contributed by atoms with E-state index in [1.165, 1.54) is 6.33 Å². The predicted molar refractivity (Wildman–Crippen MR) is 112 cm³/mol. The van der Waals surface area contributed by atoms with Gasteiger partial charge in [-0.05, 0) is 55.2 Å². The van der Waals surface area contributed by atoms with Gasteiger partial charge in [0.25, 0.3) is 0 Å². The number of benzene rings is 2. The number of halogens is 1. The Hall–Kier alpha value is -2.86. The highest BCUT2D eigenvalue weighted by molar-refractivity contribution is 6.33. The summed E-state index contributed by atoms with van der Waals surface area (Å²) in [6.07, 6.45) is 1.48. The molecule has 0 saturated carbocycles. The van der Waals surface area contributed by atoms with Crippen LogP contribution in [-0.2, 0) is 0 Å². The van der Waals surface area contributed by atoms with Crippen molar-refractivity contribution in [1.29, 1.82) is 0 Å². The molecule has 0 fully saturated rings. The fourth-order valence-corrected chi connectivity index (χ4v) is 2.83. The Morgan fingerprint density at radius 2 is 1.89 bits per heavy atom. The Labute approximate surface area is 169 Å². The number of aryl methyl sites for hydroxylation is 2. The Morgan fingerprint density at radius 1 is 1.14 bits per heavy atom. The number of aromatic nitrogens is 2. The predicted octanol–water partition coefficient (Wildman–Crippen LogP) is 5.47. The fraction of sp³-hybridized carbons (Fsp3) is 0.286. The second-order valence-electron chi connectivity index (χ2n) is 7.11. The monoisotopic (exact) mass is 398 g/mol. The minimum absolute atomic E-state index is 0.295. The molecular formula is C21H23ClN4O2. The molecule has 2 aromatic carbocycles. The average Bonchev–Trinajstić information content (AvgIpc) is 2.64. The molecule has 1 aromatic heterocycles. The van der Waals surface area contributed by atoms with E-state index in [2.05, 4.69) is 20.6 Å². The van der Waals surface area contributed by atoms with E-state index in [0.717, 1.165) is 22.0 Å². The highest BCUT2D eigenvalue weighted by atomic mass is 35.5. The van der Waals surface area contributed by atoms with Crippen molar-refractivity contribution in [2.75, 3.05) is 11.9 Å². The number of nitrogens with one attached hydrogen (secondary N) is 2. The number of carbonyl (C=O) groups excluding carboxylic acids is 1. The summed E-state index contributed by atoms with van der Waals surface area (Å²) in [7, 11) is 0. The molecule has 6 nitrogen and oxygen atoms in total. The summed E-state index contributed by atoms with van der Waals surface area (Å²) in [5, 5.41) is 6.73. The van der Waals surface area contributed by atoms with Gasteiger partial charge in [0.05, 0.1) is 21.6 Å². The fourth-order valence-electron chi connectivity index (χ4n) is 2.61. The number of rotatable bonds is 5. The molecule has 0 radical (unpaired) electrons. The highest BCUT2D eigenvalue weighted by Gasteiger charge is 2.11. The summed E-state index contributed by atoms with van der Waals surface area (Å²) >= 11 is 6.31. The van der Waals surface area contributed by atoms with Gasteiger partial charge in [-0.2, -0.15) is 0 Å². The first-order chi connectivity index (χ1) is 13.3. The third-order valence-electron chi connectivity index (χ3n) is 4.29. The largest absolute Gasteiger partial charge is 0.438 e. The Morgan fingerprint density at radius 3 is 2.61 bits per heavy atom. The molecule has 0 aliphatic heterocycles. The molecule has 0 atom stereocenters. The van der Waals surface area contributed by atoms with Gasteiger partial charge in [-0.15, -0.1) is 0 Å². The lowest BCUT2D eigenvalue weighted by atomic mass is 10.1. The van der Waals surface area contributed by atoms with Crippen molar-refractivity contribution in [3.63, 3.8) is 0 Å². The molecule has 3 rings (SSSR count). The van der Waals surface area contributed by atoms with Gasteiger partial charge in [0.2, 0.25) is 5.88 Å². The standard InChI is InChI=1S/C21H23ClN4O2/c1-12(2)10-23-21(27)26-18-6-5-15(9-17(18)22)28-20-16-7-13(3)14(4)8-19(16)24-11-25-20/h5-9,11-12H,10H2,1-4H3,(H2,23,26,27). The molecular weight excluding hydrogens is 376 g/mol. The van der Waals surface area contributed by atoms with Gasteiger partial charge in [-0.3, -0.25) is 0 Å². The summed E-state index contributed by atoms with van der Waals surface area (Å²) in [5.41, 5.74) is 3.62. The van der Waals surface area contributed by atoms with E-state index in [1.54, 1.807) is 18.2 Å². The molecule has 146 valence electrons. The van der Waals surface area contributed by atoms with Crippen molar-refractivity contribution >= 4 is 34.2 Å². The van der Waals surface area contributed by atoms with Gasteiger partial charge in [0.1, 0.15) is 12.1 Å². The van der Waals surface area contributed by atoms with Gasteiger partial charge in [0.15, 0.2) is 0 Å². The third kappa shape index (κ3) is 4.70. The van der Waals surface area contributed by atoms with Crippen LogP contribution in [0.15, 0.2) is 36.7 Å². The Kier molecular flexibility index (Phi) is 5.99. The number of nitrogens with zero attached hydrogens (tertiary/aromatic N) is 2. The first kappa shape index (κ1) is 19.9. The number of hydrogen-bond acceptors (Lipinski definition) is 4. The molecule has 2 amide bonds. The van der Waals surface area contributed by atoms with Crippen LogP contribution in [0, 0.1) is 19.8 Å². The first-order valence-electron chi connectivity index (χ1n) is 9.07. The van der Waals surface area contributed by atoms with E-state index in [0.29, 0.717) is 34.8 Å². The second kappa shape index (κ2) is 8.44. The van der Waals surface area contributed by atoms with E-state index < -0.39 is 0 Å². The van der Waals surface area contributed by atoms with E-state index >= 15 is 0 Å². The third-order valence-corrected chi connectivity index (χ3v) is 4.60. The maximum Gasteiger partial charge on any atom is 0.319 e. The molecule has 1 heterocycles. The first-order valence-corrected chi connectivity index (χ1v) is 9.45. The van der Waals surface area contributed by atoms with Crippen molar-refractivity contribution in [2.24, 2.45) is 5.92 Å². The van der Waals surface area contributed by atoms with Crippen molar-refractivity contribution < 1.29 is 9.53 Å². The second-order valence-corrected chi connectivity index (χ2v) is 7.51. The summed E-state index contributed by atoms with van der Waals surface area (Å²) < 4.78 is 5.94. The number of urea groups is 1. The normalized spacial score (nSPS) is 10.9. The van der Waals surface area contributed by atoms with Crippen molar-refractivity contribution in [2.45, 2.75) is 27.7 Å². The van der Waals surface area contributed by atoms with Crippen LogP contribution in [0.4, 0.5) is 10.5 Å². The van der Waals surface area contributed by atoms with Gasteiger partial charge >= 0.3 is 6.03 Å². The molecule has 0 saturated heterocycles. The smallest absolute Gasteiger partial charge is 0.319 e. The van der Waals surface area contributed by atoms with Gasteiger partial charge in [-0.25, -0.2) is 14.8 Å². The summed E-state index contributed by atoms with van der Waals surface area (Å²) in [6.45, 7) is 8.72. The minimum Gasteiger partial charge on any atom is -0.438 e. The SMILES string of the molecule is Cc1cc2ncnc(Oc3ccc(NC(=O)NCC(C)C)c(Cl)c3)c2cc1C. The quantitative estimate of drug-likeness (QED) is 0.597. The summed E-state index contributed by atoms with van der Waals surface area (Å²) in [4.78, 5) is 20.5. The van der Waals surface area contributed by atoms with Crippen LogP contribution in [-0.4, -0.2) is 22.5 Å². The zero-order valence-electron chi connectivity index (χ0n) is 16.3. The maximum atomic E-state index is 11.9. The average molecular weight is 399 g/mol. The van der Waals surface area contributed by atoms with Crippen LogP contribution in [0.25, 0.3) is 10.9 Å². The highest BCUT2D eigenvalue weighted by Crippen LogP contribution is 2.32. The molecule has 28 heavy (non-hydrogen) atoms. The molecule has 0 bridgehead atoms. The lowest BCUT2D eigenvalue weighted by molar-refractivity contribution is 0.251. The van der Waals surface area contributed by atoms with E-state index in [1.807, 2.05) is 39.8 Å². The van der Waals surface area contributed by atoms with Gasteiger partial charge in [0, 0.05) is 12.6 Å². The number of hydrogen-bond donors (Lipinski definition) is 2. The van der Waals surface area contributed by atoms with Crippen LogP contribution in [0.5, 0.6) is 11.6 Å². The Bertz CT molecular complexity index is 1020. The van der Waals surface area contributed by atoms with Crippen molar-refractivity contribution in [3.05, 3.63) is 52.8 Å². The van der Waals surface area contributed by atoms with Crippen LogP contribution in [0.3, 0.4) is 0 Å².